The number of aryl methyl sites for hydroxylation is 2. The minimum atomic E-state index is 0.633. The van der Waals surface area contributed by atoms with Gasteiger partial charge in [-0.25, -0.2) is 4.68 Å². The van der Waals surface area contributed by atoms with Crippen LogP contribution in [0.5, 0.6) is 0 Å². The van der Waals surface area contributed by atoms with E-state index in [4.69, 9.17) is 0 Å². The number of hydrogen-bond acceptors (Lipinski definition) is 4. The van der Waals surface area contributed by atoms with Crippen LogP contribution in [0.3, 0.4) is 0 Å². The molecule has 3 aromatic heterocycles. The molecule has 0 saturated carbocycles. The summed E-state index contributed by atoms with van der Waals surface area (Å²) in [5.41, 5.74) is 5.56. The molecule has 0 N–H and O–H groups in total. The molecule has 1 aliphatic carbocycles. The number of fused-ring (bicyclic) bond motifs is 1. The Balaban J connectivity index is 1.66. The summed E-state index contributed by atoms with van der Waals surface area (Å²) in [5, 5.41) is 13.2. The Morgan fingerprint density at radius 3 is 2.95 bits per heavy atom. The van der Waals surface area contributed by atoms with Gasteiger partial charge in [-0.2, -0.15) is 5.10 Å². The summed E-state index contributed by atoms with van der Waals surface area (Å²) in [6, 6.07) is 5.89. The summed E-state index contributed by atoms with van der Waals surface area (Å²) >= 11 is 0. The lowest BCUT2D eigenvalue weighted by molar-refractivity contribution is 0.638. The van der Waals surface area contributed by atoms with Crippen LogP contribution in [-0.4, -0.2) is 29.8 Å². The minimum Gasteiger partial charge on any atom is -0.266 e. The quantitative estimate of drug-likeness (QED) is 0.741. The van der Waals surface area contributed by atoms with Crippen molar-refractivity contribution in [3.8, 4) is 11.4 Å². The second-order valence-corrected chi connectivity index (χ2v) is 5.73. The molecule has 0 saturated heterocycles. The molecule has 0 unspecified atom stereocenters. The van der Waals surface area contributed by atoms with Crippen LogP contribution in [0.15, 0.2) is 30.6 Å². The molecule has 0 atom stereocenters. The van der Waals surface area contributed by atoms with Gasteiger partial charge < -0.3 is 0 Å². The van der Waals surface area contributed by atoms with Gasteiger partial charge in [-0.1, -0.05) is 11.3 Å². The van der Waals surface area contributed by atoms with Gasteiger partial charge in [-0.3, -0.25) is 9.67 Å². The van der Waals surface area contributed by atoms with E-state index in [1.165, 1.54) is 24.1 Å². The van der Waals surface area contributed by atoms with Gasteiger partial charge >= 0.3 is 0 Å². The third kappa shape index (κ3) is 2.30. The van der Waals surface area contributed by atoms with Gasteiger partial charge in [0.1, 0.15) is 5.69 Å². The van der Waals surface area contributed by atoms with E-state index < -0.39 is 0 Å². The monoisotopic (exact) mass is 294 g/mol. The van der Waals surface area contributed by atoms with Gasteiger partial charge in [0, 0.05) is 18.8 Å². The van der Waals surface area contributed by atoms with Crippen LogP contribution < -0.4 is 0 Å². The number of aromatic nitrogens is 6. The first-order valence-corrected chi connectivity index (χ1v) is 7.66. The van der Waals surface area contributed by atoms with Crippen molar-refractivity contribution < 1.29 is 0 Å². The topological polar surface area (TPSA) is 61.4 Å². The zero-order valence-corrected chi connectivity index (χ0v) is 12.6. The number of nitrogens with zero attached hydrogens (tertiary/aromatic N) is 6. The molecule has 0 radical (unpaired) electrons. The standard InChI is InChI=1S/C16H18N6/c1-21-16(13-7-2-3-8-14(13)19-21)15-11-22(20-18-15)10-12-6-4-5-9-17-12/h4-6,9,11H,2-3,7-8,10H2,1H3. The van der Waals surface area contributed by atoms with E-state index in [2.05, 4.69) is 20.4 Å². The maximum Gasteiger partial charge on any atom is 0.131 e. The molecule has 0 bridgehead atoms. The molecule has 6 heteroatoms. The summed E-state index contributed by atoms with van der Waals surface area (Å²) < 4.78 is 3.78. The first kappa shape index (κ1) is 13.2. The fourth-order valence-corrected chi connectivity index (χ4v) is 3.14. The largest absolute Gasteiger partial charge is 0.266 e. The molecular formula is C16H18N6. The maximum atomic E-state index is 4.65. The molecule has 3 heterocycles. The second kappa shape index (κ2) is 5.36. The highest BCUT2D eigenvalue weighted by molar-refractivity contribution is 5.60. The van der Waals surface area contributed by atoms with Gasteiger partial charge in [0.25, 0.3) is 0 Å². The summed E-state index contributed by atoms with van der Waals surface area (Å²) in [6.45, 7) is 0.633. The molecule has 6 nitrogen and oxygen atoms in total. The number of rotatable bonds is 3. The van der Waals surface area contributed by atoms with E-state index in [0.717, 1.165) is 29.9 Å². The summed E-state index contributed by atoms with van der Waals surface area (Å²) in [4.78, 5) is 4.33. The molecule has 0 fully saturated rings. The van der Waals surface area contributed by atoms with E-state index in [1.54, 1.807) is 6.20 Å². The van der Waals surface area contributed by atoms with Crippen LogP contribution in [0.1, 0.15) is 29.8 Å². The SMILES string of the molecule is Cn1nc2c(c1-c1cn(Cc3ccccn3)nn1)CCCC2. The van der Waals surface area contributed by atoms with Crippen molar-refractivity contribution in [2.24, 2.45) is 7.05 Å². The van der Waals surface area contributed by atoms with Gasteiger partial charge in [0.2, 0.25) is 0 Å². The highest BCUT2D eigenvalue weighted by Gasteiger charge is 2.22. The lowest BCUT2D eigenvalue weighted by Gasteiger charge is -2.09. The van der Waals surface area contributed by atoms with Crippen molar-refractivity contribution in [3.05, 3.63) is 47.5 Å². The van der Waals surface area contributed by atoms with E-state index in [0.29, 0.717) is 6.54 Å². The van der Waals surface area contributed by atoms with Gasteiger partial charge in [0.05, 0.1) is 29.8 Å². The smallest absolute Gasteiger partial charge is 0.131 e. The maximum absolute atomic E-state index is 4.65. The van der Waals surface area contributed by atoms with E-state index in [-0.39, 0.29) is 0 Å². The van der Waals surface area contributed by atoms with E-state index in [9.17, 15) is 0 Å². The molecular weight excluding hydrogens is 276 g/mol. The highest BCUT2D eigenvalue weighted by Crippen LogP contribution is 2.29. The van der Waals surface area contributed by atoms with Crippen molar-refractivity contribution in [1.29, 1.82) is 0 Å². The lowest BCUT2D eigenvalue weighted by Crippen LogP contribution is -2.02. The summed E-state index contributed by atoms with van der Waals surface area (Å²) in [7, 11) is 1.99. The van der Waals surface area contributed by atoms with E-state index in [1.807, 2.05) is 40.8 Å². The Morgan fingerprint density at radius 1 is 1.18 bits per heavy atom. The van der Waals surface area contributed by atoms with Crippen LogP contribution in [0.4, 0.5) is 0 Å². The van der Waals surface area contributed by atoms with Gasteiger partial charge in [-0.05, 0) is 37.8 Å². The average molecular weight is 294 g/mol. The third-order valence-electron chi connectivity index (χ3n) is 4.15. The van der Waals surface area contributed by atoms with Crippen molar-refractivity contribution >= 4 is 0 Å². The van der Waals surface area contributed by atoms with Crippen LogP contribution in [0, 0.1) is 0 Å². The molecule has 0 aromatic carbocycles. The fourth-order valence-electron chi connectivity index (χ4n) is 3.14. The van der Waals surface area contributed by atoms with Crippen LogP contribution >= 0.6 is 0 Å². The zero-order valence-electron chi connectivity index (χ0n) is 12.6. The van der Waals surface area contributed by atoms with Crippen molar-refractivity contribution in [3.63, 3.8) is 0 Å². The van der Waals surface area contributed by atoms with Gasteiger partial charge in [0.15, 0.2) is 0 Å². The first-order chi connectivity index (χ1) is 10.8. The Kier molecular flexibility index (Phi) is 3.21. The first-order valence-electron chi connectivity index (χ1n) is 7.66. The third-order valence-corrected chi connectivity index (χ3v) is 4.15. The lowest BCUT2D eigenvalue weighted by atomic mass is 9.95. The normalized spacial score (nSPS) is 14.0. The van der Waals surface area contributed by atoms with Crippen molar-refractivity contribution in [2.45, 2.75) is 32.2 Å². The van der Waals surface area contributed by atoms with Crippen molar-refractivity contribution in [1.82, 2.24) is 29.8 Å². The Hall–Kier alpha value is -2.50. The highest BCUT2D eigenvalue weighted by atomic mass is 15.4. The van der Waals surface area contributed by atoms with Crippen molar-refractivity contribution in [2.75, 3.05) is 0 Å². The van der Waals surface area contributed by atoms with Crippen LogP contribution in [0.2, 0.25) is 0 Å². The molecule has 22 heavy (non-hydrogen) atoms. The predicted molar refractivity (Wildman–Crippen MR) is 82.2 cm³/mol. The molecule has 112 valence electrons. The minimum absolute atomic E-state index is 0.633. The molecule has 1 aliphatic rings. The van der Waals surface area contributed by atoms with Crippen LogP contribution in [-0.2, 0) is 26.4 Å². The average Bonchev–Trinajstić information content (AvgIpc) is 3.11. The number of hydrogen-bond donors (Lipinski definition) is 0. The molecule has 0 aliphatic heterocycles. The van der Waals surface area contributed by atoms with Crippen LogP contribution in [0.25, 0.3) is 11.4 Å². The zero-order chi connectivity index (χ0) is 14.9. The van der Waals surface area contributed by atoms with E-state index >= 15 is 0 Å². The Labute approximate surface area is 128 Å². The molecule has 0 amide bonds. The van der Waals surface area contributed by atoms with Gasteiger partial charge in [-0.15, -0.1) is 5.10 Å². The summed E-state index contributed by atoms with van der Waals surface area (Å²) in [6.07, 6.45) is 8.41. The Bertz CT molecular complexity index is 786. The Morgan fingerprint density at radius 2 is 2.09 bits per heavy atom. The molecule has 3 aromatic rings. The molecule has 4 rings (SSSR count). The second-order valence-electron chi connectivity index (χ2n) is 5.73. The fraction of sp³-hybridized carbons (Fsp3) is 0.375. The number of pyridine rings is 1. The molecule has 0 spiro atoms. The predicted octanol–water partition coefficient (Wildman–Crippen LogP) is 2.00. The summed E-state index contributed by atoms with van der Waals surface area (Å²) in [5.74, 6) is 0.